The highest BCUT2D eigenvalue weighted by atomic mass is 19.3. The van der Waals surface area contributed by atoms with Crippen molar-refractivity contribution >= 4 is 11.8 Å². The van der Waals surface area contributed by atoms with Gasteiger partial charge in [-0.3, -0.25) is 9.59 Å². The molecule has 0 heterocycles. The summed E-state index contributed by atoms with van der Waals surface area (Å²) in [7, 11) is 2.60. The molecule has 0 radical (unpaired) electrons. The third-order valence-electron chi connectivity index (χ3n) is 2.89. The van der Waals surface area contributed by atoms with Crippen molar-refractivity contribution in [3.8, 4) is 17.2 Å². The summed E-state index contributed by atoms with van der Waals surface area (Å²) < 4.78 is 41.5. The number of nitrogens with two attached hydrogens (primary N) is 2. The Morgan fingerprint density at radius 2 is 1.75 bits per heavy atom. The van der Waals surface area contributed by atoms with E-state index in [0.29, 0.717) is 0 Å². The molecule has 10 heteroatoms. The molecule has 0 aromatic heterocycles. The van der Waals surface area contributed by atoms with Crippen LogP contribution in [0.5, 0.6) is 17.2 Å². The van der Waals surface area contributed by atoms with Crippen LogP contribution >= 0.6 is 0 Å². The first kappa shape index (κ1) is 19.4. The quantitative estimate of drug-likeness (QED) is 0.572. The zero-order valence-electron chi connectivity index (χ0n) is 13.2. The summed E-state index contributed by atoms with van der Waals surface area (Å²) >= 11 is 0. The molecular formula is C14H19F2N3O5. The highest BCUT2D eigenvalue weighted by Gasteiger charge is 2.28. The van der Waals surface area contributed by atoms with Crippen LogP contribution in [0.25, 0.3) is 0 Å². The Labute approximate surface area is 137 Å². The summed E-state index contributed by atoms with van der Waals surface area (Å²) in [6, 6.07) is 2.52. The Bertz CT molecular complexity index is 585. The van der Waals surface area contributed by atoms with Gasteiger partial charge >= 0.3 is 0 Å². The lowest BCUT2D eigenvalue weighted by atomic mass is 10.1. The summed E-state index contributed by atoms with van der Waals surface area (Å²) in [5.41, 5.74) is 9.91. The van der Waals surface area contributed by atoms with Gasteiger partial charge in [0.25, 0.3) is 17.7 Å². The van der Waals surface area contributed by atoms with Crippen molar-refractivity contribution in [3.05, 3.63) is 17.7 Å². The standard InChI is InChI=1S/C14H19F2N3O5/c1-22-9-3-8(13(21)19-7-14(15,16)6-17)4-10(23-2)12(9)24-5-11(18)20/h3-4H,5-7,17H2,1-2H3,(H2,18,20)(H,19,21). The van der Waals surface area contributed by atoms with Crippen LogP contribution in [0.3, 0.4) is 0 Å². The molecule has 0 saturated heterocycles. The molecule has 0 unspecified atom stereocenters. The Morgan fingerprint density at radius 1 is 1.21 bits per heavy atom. The zero-order chi connectivity index (χ0) is 18.3. The van der Waals surface area contributed by atoms with Crippen LogP contribution in [0, 0.1) is 0 Å². The normalized spacial score (nSPS) is 10.9. The largest absolute Gasteiger partial charge is 0.493 e. The van der Waals surface area contributed by atoms with Crippen LogP contribution in [0.2, 0.25) is 0 Å². The first-order chi connectivity index (χ1) is 11.2. The van der Waals surface area contributed by atoms with Gasteiger partial charge in [0.15, 0.2) is 18.1 Å². The minimum absolute atomic E-state index is 0.00273. The lowest BCUT2D eigenvalue weighted by molar-refractivity contribution is -0.120. The van der Waals surface area contributed by atoms with E-state index in [1.165, 1.54) is 26.4 Å². The number of rotatable bonds is 9. The van der Waals surface area contributed by atoms with Gasteiger partial charge in [-0.2, -0.15) is 0 Å². The Balaban J connectivity index is 3.04. The second-order valence-electron chi connectivity index (χ2n) is 4.71. The lowest BCUT2D eigenvalue weighted by Gasteiger charge is -2.17. The van der Waals surface area contributed by atoms with E-state index in [0.717, 1.165) is 0 Å². The molecule has 0 aliphatic carbocycles. The molecule has 0 aliphatic rings. The first-order valence-electron chi connectivity index (χ1n) is 6.77. The van der Waals surface area contributed by atoms with Gasteiger partial charge in [0.05, 0.1) is 27.3 Å². The summed E-state index contributed by atoms with van der Waals surface area (Å²) in [6.07, 6.45) is 0. The van der Waals surface area contributed by atoms with Gasteiger partial charge in [-0.05, 0) is 12.1 Å². The molecule has 0 aliphatic heterocycles. The van der Waals surface area contributed by atoms with Gasteiger partial charge in [-0.1, -0.05) is 0 Å². The number of benzene rings is 1. The zero-order valence-corrected chi connectivity index (χ0v) is 13.2. The number of halogens is 2. The second-order valence-corrected chi connectivity index (χ2v) is 4.71. The van der Waals surface area contributed by atoms with Crippen molar-refractivity contribution in [1.82, 2.24) is 5.32 Å². The van der Waals surface area contributed by atoms with E-state index in [9.17, 15) is 18.4 Å². The average molecular weight is 347 g/mol. The number of amides is 2. The van der Waals surface area contributed by atoms with Crippen molar-refractivity contribution in [2.24, 2.45) is 11.5 Å². The molecule has 1 aromatic rings. The molecular weight excluding hydrogens is 328 g/mol. The highest BCUT2D eigenvalue weighted by molar-refractivity contribution is 5.95. The maximum atomic E-state index is 13.1. The molecule has 5 N–H and O–H groups in total. The molecule has 8 nitrogen and oxygen atoms in total. The van der Waals surface area contributed by atoms with E-state index in [-0.39, 0.29) is 22.8 Å². The SMILES string of the molecule is COc1cc(C(=O)NCC(F)(F)CN)cc(OC)c1OCC(N)=O. The van der Waals surface area contributed by atoms with Crippen molar-refractivity contribution < 1.29 is 32.6 Å². The molecule has 0 spiro atoms. The predicted molar refractivity (Wildman–Crippen MR) is 80.6 cm³/mol. The molecule has 0 saturated carbocycles. The van der Waals surface area contributed by atoms with Crippen LogP contribution in [-0.4, -0.2) is 51.7 Å². The van der Waals surface area contributed by atoms with Crippen molar-refractivity contribution in [2.75, 3.05) is 33.9 Å². The molecule has 134 valence electrons. The lowest BCUT2D eigenvalue weighted by Crippen LogP contribution is -2.41. The molecule has 0 atom stereocenters. The number of ether oxygens (including phenoxy) is 3. The van der Waals surface area contributed by atoms with Crippen LogP contribution in [0.1, 0.15) is 10.4 Å². The maximum Gasteiger partial charge on any atom is 0.277 e. The van der Waals surface area contributed by atoms with Gasteiger partial charge < -0.3 is 31.0 Å². The van der Waals surface area contributed by atoms with Crippen LogP contribution in [-0.2, 0) is 4.79 Å². The highest BCUT2D eigenvalue weighted by Crippen LogP contribution is 2.38. The maximum absolute atomic E-state index is 13.1. The Morgan fingerprint density at radius 3 is 2.17 bits per heavy atom. The summed E-state index contributed by atoms with van der Waals surface area (Å²) in [5, 5.41) is 2.07. The predicted octanol–water partition coefficient (Wildman–Crippen LogP) is -0.108. The van der Waals surface area contributed by atoms with Crippen molar-refractivity contribution in [2.45, 2.75) is 5.92 Å². The van der Waals surface area contributed by atoms with Gasteiger partial charge in [0.2, 0.25) is 5.75 Å². The number of nitrogens with one attached hydrogen (secondary N) is 1. The van der Waals surface area contributed by atoms with Gasteiger partial charge in [0.1, 0.15) is 0 Å². The van der Waals surface area contributed by atoms with Gasteiger partial charge in [-0.25, -0.2) is 8.78 Å². The Hall–Kier alpha value is -2.62. The summed E-state index contributed by atoms with van der Waals surface area (Å²) in [4.78, 5) is 22.8. The van der Waals surface area contributed by atoms with Gasteiger partial charge in [-0.15, -0.1) is 0 Å². The third kappa shape index (κ3) is 5.23. The minimum Gasteiger partial charge on any atom is -0.493 e. The number of primary amides is 1. The number of alkyl halides is 2. The van der Waals surface area contributed by atoms with Crippen LogP contribution in [0.4, 0.5) is 8.78 Å². The molecule has 1 aromatic carbocycles. The number of methoxy groups -OCH3 is 2. The molecule has 0 fully saturated rings. The third-order valence-corrected chi connectivity index (χ3v) is 2.89. The van der Waals surface area contributed by atoms with Crippen LogP contribution in [0.15, 0.2) is 12.1 Å². The van der Waals surface area contributed by atoms with E-state index >= 15 is 0 Å². The summed E-state index contributed by atoms with van der Waals surface area (Å²) in [5.74, 6) is -4.50. The number of carbonyl (C=O) groups excluding carboxylic acids is 2. The number of hydrogen-bond acceptors (Lipinski definition) is 6. The van der Waals surface area contributed by atoms with Crippen LogP contribution < -0.4 is 31.0 Å². The number of carbonyl (C=O) groups is 2. The average Bonchev–Trinajstić information content (AvgIpc) is 2.56. The van der Waals surface area contributed by atoms with E-state index in [1.807, 2.05) is 0 Å². The number of hydrogen-bond donors (Lipinski definition) is 3. The molecule has 1 rings (SSSR count). The second kappa shape index (κ2) is 8.29. The molecule has 2 amide bonds. The smallest absolute Gasteiger partial charge is 0.277 e. The van der Waals surface area contributed by atoms with E-state index in [2.05, 4.69) is 5.32 Å². The van der Waals surface area contributed by atoms with Crippen molar-refractivity contribution in [1.29, 1.82) is 0 Å². The fourth-order valence-corrected chi connectivity index (χ4v) is 1.68. The minimum atomic E-state index is -3.21. The fourth-order valence-electron chi connectivity index (χ4n) is 1.68. The first-order valence-corrected chi connectivity index (χ1v) is 6.77. The summed E-state index contributed by atoms with van der Waals surface area (Å²) in [6.45, 7) is -2.23. The van der Waals surface area contributed by atoms with Crippen molar-refractivity contribution in [3.63, 3.8) is 0 Å². The molecule has 0 bridgehead atoms. The topological polar surface area (TPSA) is 126 Å². The monoisotopic (exact) mass is 347 g/mol. The fraction of sp³-hybridized carbons (Fsp3) is 0.429. The van der Waals surface area contributed by atoms with E-state index in [1.54, 1.807) is 0 Å². The van der Waals surface area contributed by atoms with E-state index in [4.69, 9.17) is 25.7 Å². The van der Waals surface area contributed by atoms with E-state index < -0.39 is 37.4 Å². The molecule has 24 heavy (non-hydrogen) atoms. The van der Waals surface area contributed by atoms with Gasteiger partial charge in [0, 0.05) is 5.56 Å². The Kier molecular flexibility index (Phi) is 6.71.